The van der Waals surface area contributed by atoms with Gasteiger partial charge in [-0.15, -0.1) is 0 Å². The highest BCUT2D eigenvalue weighted by Gasteiger charge is 2.28. The molecule has 6 heteroatoms. The molecule has 2 unspecified atom stereocenters. The van der Waals surface area contributed by atoms with Gasteiger partial charge >= 0.3 is 12.1 Å². The molecule has 0 heterocycles. The van der Waals surface area contributed by atoms with Gasteiger partial charge in [0, 0.05) is 12.6 Å². The van der Waals surface area contributed by atoms with Crippen LogP contribution in [0.5, 0.6) is 0 Å². The molecule has 122 valence electrons. The molecule has 1 fully saturated rings. The molecule has 0 bridgehead atoms. The Morgan fingerprint density at radius 3 is 2.48 bits per heavy atom. The third-order valence-corrected chi connectivity index (χ3v) is 3.51. The van der Waals surface area contributed by atoms with Gasteiger partial charge in [0.25, 0.3) is 0 Å². The minimum Gasteiger partial charge on any atom is -0.468 e. The second-order valence-electron chi connectivity index (χ2n) is 6.50. The van der Waals surface area contributed by atoms with Crippen molar-refractivity contribution in [2.45, 2.75) is 58.1 Å². The van der Waals surface area contributed by atoms with Gasteiger partial charge in [0.15, 0.2) is 0 Å². The standard InChI is InChI=1S/C15H28N2O4/c1-15(2,3)21-14(19)17-12-8-6-5-7-11(12)9-16-10-13(18)20-4/h11-12,16H,5-10H2,1-4H3,(H,17,19). The van der Waals surface area contributed by atoms with Gasteiger partial charge < -0.3 is 20.1 Å². The number of carbonyl (C=O) groups excluding carboxylic acids is 2. The van der Waals surface area contributed by atoms with Crippen LogP contribution in [0.4, 0.5) is 4.79 Å². The average Bonchev–Trinajstić information content (AvgIpc) is 2.38. The van der Waals surface area contributed by atoms with Crippen LogP contribution in [0.15, 0.2) is 0 Å². The number of ether oxygens (including phenoxy) is 2. The van der Waals surface area contributed by atoms with Gasteiger partial charge in [0.2, 0.25) is 0 Å². The molecule has 1 aliphatic carbocycles. The molecule has 0 aromatic rings. The molecule has 1 rings (SSSR count). The van der Waals surface area contributed by atoms with Crippen molar-refractivity contribution < 1.29 is 19.1 Å². The Kier molecular flexibility index (Phi) is 6.95. The summed E-state index contributed by atoms with van der Waals surface area (Å²) in [5.74, 6) is 0.0402. The predicted octanol–water partition coefficient (Wildman–Crippen LogP) is 1.83. The highest BCUT2D eigenvalue weighted by molar-refractivity contribution is 5.71. The maximum atomic E-state index is 11.9. The third kappa shape index (κ3) is 7.32. The number of hydrogen-bond donors (Lipinski definition) is 2. The van der Waals surface area contributed by atoms with E-state index in [0.717, 1.165) is 25.7 Å². The van der Waals surface area contributed by atoms with Crippen LogP contribution < -0.4 is 10.6 Å². The molecule has 0 aliphatic heterocycles. The fourth-order valence-electron chi connectivity index (χ4n) is 2.53. The van der Waals surface area contributed by atoms with Crippen LogP contribution in [0.2, 0.25) is 0 Å². The minimum absolute atomic E-state index is 0.0961. The summed E-state index contributed by atoms with van der Waals surface area (Å²) in [6.07, 6.45) is 3.87. The van der Waals surface area contributed by atoms with Crippen molar-refractivity contribution in [3.05, 3.63) is 0 Å². The number of rotatable bonds is 5. The first kappa shape index (κ1) is 17.8. The van der Waals surface area contributed by atoms with E-state index in [1.807, 2.05) is 20.8 Å². The molecule has 0 saturated heterocycles. The second-order valence-corrected chi connectivity index (χ2v) is 6.50. The Labute approximate surface area is 126 Å². The second kappa shape index (κ2) is 8.22. The molecule has 0 spiro atoms. The summed E-state index contributed by atoms with van der Waals surface area (Å²) in [5.41, 5.74) is -0.489. The van der Waals surface area contributed by atoms with Gasteiger partial charge in [-0.25, -0.2) is 4.79 Å². The van der Waals surface area contributed by atoms with Crippen molar-refractivity contribution in [3.8, 4) is 0 Å². The number of nitrogens with one attached hydrogen (secondary N) is 2. The Morgan fingerprint density at radius 2 is 1.86 bits per heavy atom. The van der Waals surface area contributed by atoms with E-state index in [1.54, 1.807) is 0 Å². The number of alkyl carbamates (subject to hydrolysis) is 1. The fraction of sp³-hybridized carbons (Fsp3) is 0.867. The van der Waals surface area contributed by atoms with Gasteiger partial charge in [-0.3, -0.25) is 4.79 Å². The molecular weight excluding hydrogens is 272 g/mol. The average molecular weight is 300 g/mol. The zero-order valence-electron chi connectivity index (χ0n) is 13.5. The van der Waals surface area contributed by atoms with E-state index in [1.165, 1.54) is 7.11 Å². The van der Waals surface area contributed by atoms with Crippen molar-refractivity contribution >= 4 is 12.1 Å². The van der Waals surface area contributed by atoms with Crippen LogP contribution in [0, 0.1) is 5.92 Å². The fourth-order valence-corrected chi connectivity index (χ4v) is 2.53. The number of hydrogen-bond acceptors (Lipinski definition) is 5. The van der Waals surface area contributed by atoms with E-state index in [-0.39, 0.29) is 24.6 Å². The van der Waals surface area contributed by atoms with E-state index in [4.69, 9.17) is 4.74 Å². The first-order chi connectivity index (χ1) is 9.81. The summed E-state index contributed by atoms with van der Waals surface area (Å²) in [6, 6.07) is 0.0961. The third-order valence-electron chi connectivity index (χ3n) is 3.51. The van der Waals surface area contributed by atoms with Crippen molar-refractivity contribution in [1.29, 1.82) is 0 Å². The van der Waals surface area contributed by atoms with E-state index >= 15 is 0 Å². The molecule has 1 amide bonds. The Morgan fingerprint density at radius 1 is 1.19 bits per heavy atom. The summed E-state index contributed by atoms with van der Waals surface area (Å²) >= 11 is 0. The lowest BCUT2D eigenvalue weighted by molar-refractivity contribution is -0.139. The molecular formula is C15H28N2O4. The van der Waals surface area contributed by atoms with Gasteiger partial charge in [0.05, 0.1) is 13.7 Å². The van der Waals surface area contributed by atoms with E-state index in [0.29, 0.717) is 12.5 Å². The van der Waals surface area contributed by atoms with Crippen LogP contribution >= 0.6 is 0 Å². The van der Waals surface area contributed by atoms with Crippen LogP contribution in [0.1, 0.15) is 46.5 Å². The Hall–Kier alpha value is -1.30. The number of amides is 1. The van der Waals surface area contributed by atoms with Crippen LogP contribution in [-0.4, -0.2) is 43.9 Å². The largest absolute Gasteiger partial charge is 0.468 e. The summed E-state index contributed by atoms with van der Waals surface area (Å²) in [7, 11) is 1.37. The first-order valence-corrected chi connectivity index (χ1v) is 7.59. The molecule has 0 aromatic carbocycles. The predicted molar refractivity (Wildman–Crippen MR) is 80.0 cm³/mol. The summed E-state index contributed by atoms with van der Waals surface area (Å²) in [4.78, 5) is 23.0. The first-order valence-electron chi connectivity index (χ1n) is 7.59. The number of methoxy groups -OCH3 is 1. The minimum atomic E-state index is -0.489. The zero-order chi connectivity index (χ0) is 15.9. The molecule has 21 heavy (non-hydrogen) atoms. The van der Waals surface area contributed by atoms with Crippen molar-refractivity contribution in [2.75, 3.05) is 20.2 Å². The van der Waals surface area contributed by atoms with Gasteiger partial charge in [-0.2, -0.15) is 0 Å². The SMILES string of the molecule is COC(=O)CNCC1CCCCC1NC(=O)OC(C)(C)C. The normalized spacial score (nSPS) is 22.5. The lowest BCUT2D eigenvalue weighted by Gasteiger charge is -2.33. The summed E-state index contributed by atoms with van der Waals surface area (Å²) in [6.45, 7) is 6.44. The van der Waals surface area contributed by atoms with Crippen molar-refractivity contribution in [1.82, 2.24) is 10.6 Å². The Bertz CT molecular complexity index is 352. The van der Waals surface area contributed by atoms with E-state index in [2.05, 4.69) is 15.4 Å². The zero-order valence-corrected chi connectivity index (χ0v) is 13.5. The maximum Gasteiger partial charge on any atom is 0.407 e. The lowest BCUT2D eigenvalue weighted by atomic mass is 9.84. The van der Waals surface area contributed by atoms with Gasteiger partial charge in [-0.05, 0) is 39.5 Å². The van der Waals surface area contributed by atoms with Gasteiger partial charge in [0.1, 0.15) is 5.60 Å². The summed E-state index contributed by atoms with van der Waals surface area (Å²) in [5, 5.41) is 6.05. The molecule has 2 N–H and O–H groups in total. The quantitative estimate of drug-likeness (QED) is 0.758. The van der Waals surface area contributed by atoms with E-state index in [9.17, 15) is 9.59 Å². The van der Waals surface area contributed by atoms with Crippen molar-refractivity contribution in [3.63, 3.8) is 0 Å². The smallest absolute Gasteiger partial charge is 0.407 e. The molecule has 0 radical (unpaired) electrons. The van der Waals surface area contributed by atoms with Crippen LogP contribution in [0.25, 0.3) is 0 Å². The molecule has 1 aliphatic rings. The molecule has 1 saturated carbocycles. The summed E-state index contributed by atoms with van der Waals surface area (Å²) < 4.78 is 9.90. The van der Waals surface area contributed by atoms with E-state index < -0.39 is 5.60 Å². The van der Waals surface area contributed by atoms with Crippen LogP contribution in [0.3, 0.4) is 0 Å². The molecule has 0 aromatic heterocycles. The van der Waals surface area contributed by atoms with Crippen LogP contribution in [-0.2, 0) is 14.3 Å². The topological polar surface area (TPSA) is 76.7 Å². The highest BCUT2D eigenvalue weighted by Crippen LogP contribution is 2.24. The monoisotopic (exact) mass is 300 g/mol. The Balaban J connectivity index is 2.42. The number of carbonyl (C=O) groups is 2. The molecule has 2 atom stereocenters. The molecule has 6 nitrogen and oxygen atoms in total. The number of esters is 1. The lowest BCUT2D eigenvalue weighted by Crippen LogP contribution is -2.47. The maximum absolute atomic E-state index is 11.9. The highest BCUT2D eigenvalue weighted by atomic mass is 16.6. The van der Waals surface area contributed by atoms with Gasteiger partial charge in [-0.1, -0.05) is 12.8 Å². The van der Waals surface area contributed by atoms with Crippen molar-refractivity contribution in [2.24, 2.45) is 5.92 Å².